The van der Waals surface area contributed by atoms with Gasteiger partial charge in [0.1, 0.15) is 11.6 Å². The summed E-state index contributed by atoms with van der Waals surface area (Å²) in [6.07, 6.45) is 0.747. The SMILES string of the molecule is [CH2-]CC(=O)CC(=O)CC.[CH3-].[CH3-].[CH3-].[Pt+4]. The molecule has 0 aromatic rings. The first-order valence-corrected chi connectivity index (χ1v) is 3.03. The van der Waals surface area contributed by atoms with E-state index in [1.165, 1.54) is 0 Å². The first-order chi connectivity index (χ1) is 4.20. The van der Waals surface area contributed by atoms with E-state index in [1.807, 2.05) is 0 Å². The van der Waals surface area contributed by atoms with Crippen molar-refractivity contribution >= 4 is 11.6 Å². The summed E-state index contributed by atoms with van der Waals surface area (Å²) in [6.45, 7) is 5.12. The minimum Gasteiger partial charge on any atom is -0.358 e. The Hall–Kier alpha value is 0.0283. The first kappa shape index (κ1) is 29.2. The van der Waals surface area contributed by atoms with Gasteiger partial charge in [0.25, 0.3) is 0 Å². The van der Waals surface area contributed by atoms with Crippen LogP contribution in [0.2, 0.25) is 0 Å². The van der Waals surface area contributed by atoms with Crippen molar-refractivity contribution in [3.05, 3.63) is 29.2 Å². The number of rotatable bonds is 4. The number of ketones is 2. The number of carbonyl (C=O) groups is 2. The van der Waals surface area contributed by atoms with Gasteiger partial charge < -0.3 is 34.0 Å². The van der Waals surface area contributed by atoms with Crippen molar-refractivity contribution in [2.24, 2.45) is 0 Å². The number of hydrogen-bond acceptors (Lipinski definition) is 2. The van der Waals surface area contributed by atoms with Gasteiger partial charge in [0.2, 0.25) is 0 Å². The van der Waals surface area contributed by atoms with Gasteiger partial charge in [0, 0.05) is 6.42 Å². The van der Waals surface area contributed by atoms with Crippen LogP contribution < -0.4 is 0 Å². The van der Waals surface area contributed by atoms with Crippen molar-refractivity contribution in [3.8, 4) is 0 Å². The van der Waals surface area contributed by atoms with Crippen LogP contribution in [0, 0.1) is 29.2 Å². The van der Waals surface area contributed by atoms with Gasteiger partial charge in [-0.3, -0.25) is 4.79 Å². The minimum atomic E-state index is -0.0677. The molecule has 0 bridgehead atoms. The van der Waals surface area contributed by atoms with E-state index in [-0.39, 0.29) is 67.8 Å². The van der Waals surface area contributed by atoms with Crippen LogP contribution in [-0.4, -0.2) is 11.6 Å². The van der Waals surface area contributed by atoms with Gasteiger partial charge in [-0.25, -0.2) is 0 Å². The fourth-order valence-corrected chi connectivity index (χ4v) is 0.433. The van der Waals surface area contributed by atoms with E-state index in [1.54, 1.807) is 6.92 Å². The molecule has 2 nitrogen and oxygen atoms in total. The normalized spacial score (nSPS) is 6.31. The van der Waals surface area contributed by atoms with E-state index in [4.69, 9.17) is 0 Å². The standard InChI is InChI=1S/C7H11O2.3CH3.Pt/c1-3-6(8)5-7(9)4-2;;;;/h1,3-5H2,2H3;3*1H3;/q4*-1;+4. The van der Waals surface area contributed by atoms with Gasteiger partial charge in [0.05, 0.1) is 6.42 Å². The molecule has 0 radical (unpaired) electrons. The molecule has 13 heavy (non-hydrogen) atoms. The summed E-state index contributed by atoms with van der Waals surface area (Å²) in [6, 6.07) is 0. The van der Waals surface area contributed by atoms with Crippen LogP contribution in [0.3, 0.4) is 0 Å². The molecule has 0 heterocycles. The summed E-state index contributed by atoms with van der Waals surface area (Å²) < 4.78 is 0. The smallest absolute Gasteiger partial charge is 0.358 e. The predicted octanol–water partition coefficient (Wildman–Crippen LogP) is 2.50. The van der Waals surface area contributed by atoms with Crippen molar-refractivity contribution in [1.29, 1.82) is 0 Å². The zero-order valence-corrected chi connectivity index (χ0v) is 11.2. The molecule has 0 aliphatic rings. The molecule has 0 rings (SSSR count). The Morgan fingerprint density at radius 2 is 1.46 bits per heavy atom. The number of hydrogen-bond donors (Lipinski definition) is 0. The minimum absolute atomic E-state index is 0. The Morgan fingerprint density at radius 1 is 1.08 bits per heavy atom. The average molecular weight is 367 g/mol. The molecule has 0 aromatic carbocycles. The molecule has 0 saturated heterocycles. The summed E-state index contributed by atoms with van der Waals surface area (Å²) in [5.74, 6) is -0.0644. The molecule has 82 valence electrons. The summed E-state index contributed by atoms with van der Waals surface area (Å²) >= 11 is 0. The Labute approximate surface area is 97.8 Å². The fourth-order valence-electron chi connectivity index (χ4n) is 0.433. The van der Waals surface area contributed by atoms with Gasteiger partial charge in [-0.05, 0) is 0 Å². The third kappa shape index (κ3) is 18.8. The molecule has 0 fully saturated rings. The molecule has 0 unspecified atom stereocenters. The van der Waals surface area contributed by atoms with Crippen molar-refractivity contribution in [3.63, 3.8) is 0 Å². The Balaban J connectivity index is -0.0000000533. The molecule has 0 saturated carbocycles. The van der Waals surface area contributed by atoms with Crippen molar-refractivity contribution < 1.29 is 30.7 Å². The van der Waals surface area contributed by atoms with Crippen molar-refractivity contribution in [2.45, 2.75) is 26.2 Å². The molecule has 0 aromatic heterocycles. The van der Waals surface area contributed by atoms with Gasteiger partial charge in [-0.2, -0.15) is 0 Å². The van der Waals surface area contributed by atoms with Crippen LogP contribution in [-0.2, 0) is 30.7 Å². The number of Topliss-reactive ketones (excluding diaryl/α,β-unsaturated/α-hetero) is 2. The molecular formula is C10H20O2Pt. The summed E-state index contributed by atoms with van der Waals surface area (Å²) in [4.78, 5) is 21.0. The third-order valence-electron chi connectivity index (χ3n) is 1.07. The molecule has 3 heteroatoms. The molecule has 0 amide bonds. The fraction of sp³-hybridized carbons (Fsp3) is 0.400. The van der Waals surface area contributed by atoms with Crippen LogP contribution in [0.5, 0.6) is 0 Å². The maximum atomic E-state index is 10.5. The van der Waals surface area contributed by atoms with Gasteiger partial charge in [-0.1, -0.05) is 6.92 Å². The van der Waals surface area contributed by atoms with E-state index in [2.05, 4.69) is 6.92 Å². The average Bonchev–Trinajstić information content (AvgIpc) is 1.87. The van der Waals surface area contributed by atoms with Crippen molar-refractivity contribution in [1.82, 2.24) is 0 Å². The second-order valence-corrected chi connectivity index (χ2v) is 1.86. The second kappa shape index (κ2) is 17.9. The molecule has 0 aliphatic carbocycles. The predicted molar refractivity (Wildman–Crippen MR) is 54.1 cm³/mol. The van der Waals surface area contributed by atoms with Gasteiger partial charge >= 0.3 is 21.1 Å². The van der Waals surface area contributed by atoms with E-state index in [9.17, 15) is 9.59 Å². The van der Waals surface area contributed by atoms with Crippen LogP contribution in [0.15, 0.2) is 0 Å². The Morgan fingerprint density at radius 3 is 1.69 bits per heavy atom. The summed E-state index contributed by atoms with van der Waals surface area (Å²) in [5, 5.41) is 0. The molecule has 0 atom stereocenters. The van der Waals surface area contributed by atoms with Crippen LogP contribution in [0.1, 0.15) is 26.2 Å². The Bertz CT molecular complexity index is 108. The van der Waals surface area contributed by atoms with E-state index < -0.39 is 0 Å². The van der Waals surface area contributed by atoms with Gasteiger partial charge in [-0.15, -0.1) is 6.42 Å². The Kier molecular flexibility index (Phi) is 40.4. The van der Waals surface area contributed by atoms with Crippen LogP contribution in [0.25, 0.3) is 0 Å². The second-order valence-electron chi connectivity index (χ2n) is 1.86. The topological polar surface area (TPSA) is 34.1 Å². The monoisotopic (exact) mass is 367 g/mol. The van der Waals surface area contributed by atoms with E-state index in [0.717, 1.165) is 0 Å². The van der Waals surface area contributed by atoms with Crippen molar-refractivity contribution in [2.75, 3.05) is 0 Å². The molecule has 0 spiro atoms. The zero-order valence-electron chi connectivity index (χ0n) is 8.96. The van der Waals surface area contributed by atoms with E-state index >= 15 is 0 Å². The third-order valence-corrected chi connectivity index (χ3v) is 1.07. The molecule has 0 N–H and O–H groups in total. The van der Waals surface area contributed by atoms with Crippen LogP contribution in [0.4, 0.5) is 0 Å². The zero-order chi connectivity index (χ0) is 7.28. The maximum Gasteiger partial charge on any atom is 4.00 e. The van der Waals surface area contributed by atoms with Gasteiger partial charge in [0.15, 0.2) is 0 Å². The quantitative estimate of drug-likeness (QED) is 0.565. The summed E-state index contributed by atoms with van der Waals surface area (Å²) in [5.41, 5.74) is 0. The summed E-state index contributed by atoms with van der Waals surface area (Å²) in [7, 11) is 0. The van der Waals surface area contributed by atoms with E-state index in [0.29, 0.717) is 6.42 Å². The maximum absolute atomic E-state index is 10.5. The van der Waals surface area contributed by atoms with Crippen LogP contribution >= 0.6 is 0 Å². The molecule has 0 aliphatic heterocycles. The first-order valence-electron chi connectivity index (χ1n) is 3.03. The number of carbonyl (C=O) groups excluding carboxylic acids is 2. The largest absolute Gasteiger partial charge is 4.00 e. The molecular weight excluding hydrogens is 347 g/mol.